The molecule has 3 N–H and O–H groups in total. The molecule has 0 spiro atoms. The molecule has 102 valence electrons. The predicted molar refractivity (Wildman–Crippen MR) is 71.5 cm³/mol. The van der Waals surface area contributed by atoms with Gasteiger partial charge in [-0.05, 0) is 35.0 Å². The van der Waals surface area contributed by atoms with Crippen molar-refractivity contribution in [1.82, 2.24) is 5.32 Å². The lowest BCUT2D eigenvalue weighted by molar-refractivity contribution is -0.385. The highest BCUT2D eigenvalue weighted by molar-refractivity contribution is 9.10. The molecule has 1 unspecified atom stereocenters. The van der Waals surface area contributed by atoms with E-state index in [-0.39, 0.29) is 17.7 Å². The number of nitro groups is 1. The molecule has 0 aliphatic carbocycles. The number of hydrogen-bond acceptors (Lipinski definition) is 4. The molecule has 0 aromatic heterocycles. The van der Waals surface area contributed by atoms with Gasteiger partial charge in [0.2, 0.25) is 5.91 Å². The Kier molecular flexibility index (Phi) is 4.99. The van der Waals surface area contributed by atoms with Gasteiger partial charge in [0.05, 0.1) is 9.40 Å². The number of rotatable bonds is 5. The second kappa shape index (κ2) is 6.28. The van der Waals surface area contributed by atoms with Crippen molar-refractivity contribution in [2.45, 2.75) is 19.4 Å². The molecular weight excluding hydrogens is 318 g/mol. The van der Waals surface area contributed by atoms with Crippen LogP contribution in [-0.4, -0.2) is 22.8 Å². The lowest BCUT2D eigenvalue weighted by Crippen LogP contribution is -2.35. The van der Waals surface area contributed by atoms with E-state index < -0.39 is 22.8 Å². The predicted octanol–water partition coefficient (Wildman–Crippen LogP) is 1.35. The Bertz CT molecular complexity index is 533. The van der Waals surface area contributed by atoms with Crippen molar-refractivity contribution in [3.8, 4) is 0 Å². The number of nitro benzene ring substituents is 1. The first-order valence-electron chi connectivity index (χ1n) is 5.34. The fourth-order valence-electron chi connectivity index (χ4n) is 1.45. The van der Waals surface area contributed by atoms with Crippen LogP contribution < -0.4 is 11.1 Å². The van der Waals surface area contributed by atoms with E-state index in [0.717, 1.165) is 6.07 Å². The zero-order chi connectivity index (χ0) is 14.6. The molecular formula is C11H12BrN3O4. The van der Waals surface area contributed by atoms with Crippen LogP contribution in [0.5, 0.6) is 0 Å². The Balaban J connectivity index is 2.86. The highest BCUT2D eigenvalue weighted by Gasteiger charge is 2.17. The van der Waals surface area contributed by atoms with Gasteiger partial charge in [-0.3, -0.25) is 19.7 Å². The van der Waals surface area contributed by atoms with Crippen LogP contribution in [0.4, 0.5) is 5.69 Å². The number of amides is 2. The topological polar surface area (TPSA) is 115 Å². The summed E-state index contributed by atoms with van der Waals surface area (Å²) in [4.78, 5) is 32.7. The number of halogens is 1. The molecule has 0 radical (unpaired) electrons. The maximum absolute atomic E-state index is 11.8. The second-order valence-corrected chi connectivity index (χ2v) is 4.82. The lowest BCUT2D eigenvalue weighted by atomic mass is 10.1. The van der Waals surface area contributed by atoms with E-state index in [1.54, 1.807) is 6.92 Å². The van der Waals surface area contributed by atoms with Crippen LogP contribution in [0, 0.1) is 10.1 Å². The number of primary amides is 1. The minimum Gasteiger partial charge on any atom is -0.370 e. The van der Waals surface area contributed by atoms with Gasteiger partial charge in [-0.2, -0.15) is 0 Å². The number of nitrogens with two attached hydrogens (primary N) is 1. The van der Waals surface area contributed by atoms with Crippen LogP contribution in [0.3, 0.4) is 0 Å². The van der Waals surface area contributed by atoms with E-state index in [1.807, 2.05) is 0 Å². The van der Waals surface area contributed by atoms with Gasteiger partial charge in [-0.1, -0.05) is 0 Å². The molecule has 0 aliphatic rings. The maximum atomic E-state index is 11.8. The molecule has 0 aliphatic heterocycles. The van der Waals surface area contributed by atoms with Gasteiger partial charge < -0.3 is 11.1 Å². The van der Waals surface area contributed by atoms with Crippen molar-refractivity contribution in [3.05, 3.63) is 38.3 Å². The monoisotopic (exact) mass is 329 g/mol. The first-order valence-corrected chi connectivity index (χ1v) is 6.13. The molecule has 2 amide bonds. The number of hydrogen-bond donors (Lipinski definition) is 2. The molecule has 0 saturated heterocycles. The molecule has 1 aromatic rings. The van der Waals surface area contributed by atoms with Crippen LogP contribution in [0.25, 0.3) is 0 Å². The number of nitrogens with zero attached hydrogens (tertiary/aromatic N) is 1. The highest BCUT2D eigenvalue weighted by atomic mass is 79.9. The summed E-state index contributed by atoms with van der Waals surface area (Å²) in [5.74, 6) is -1.03. The van der Waals surface area contributed by atoms with E-state index in [0.29, 0.717) is 4.47 Å². The van der Waals surface area contributed by atoms with Gasteiger partial charge >= 0.3 is 0 Å². The summed E-state index contributed by atoms with van der Waals surface area (Å²) in [6.45, 7) is 1.62. The first kappa shape index (κ1) is 15.1. The zero-order valence-electron chi connectivity index (χ0n) is 10.1. The average molecular weight is 330 g/mol. The molecule has 1 atom stereocenters. The first-order chi connectivity index (χ1) is 8.81. The van der Waals surface area contributed by atoms with Gasteiger partial charge in [-0.15, -0.1) is 0 Å². The zero-order valence-corrected chi connectivity index (χ0v) is 11.6. The van der Waals surface area contributed by atoms with Crippen LogP contribution in [0.1, 0.15) is 23.7 Å². The van der Waals surface area contributed by atoms with Crippen molar-refractivity contribution >= 4 is 33.4 Å². The summed E-state index contributed by atoms with van der Waals surface area (Å²) in [5.41, 5.74) is 4.95. The van der Waals surface area contributed by atoms with Crippen LogP contribution in [0.15, 0.2) is 22.7 Å². The highest BCUT2D eigenvalue weighted by Crippen LogP contribution is 2.25. The Morgan fingerprint density at radius 2 is 2.16 bits per heavy atom. The molecule has 8 heteroatoms. The SMILES string of the molecule is CC(CC(N)=O)NC(=O)c1ccc(Br)c([N+](=O)[O-])c1. The Morgan fingerprint density at radius 3 is 2.68 bits per heavy atom. The summed E-state index contributed by atoms with van der Waals surface area (Å²) in [6.07, 6.45) is 0.00433. The molecule has 1 rings (SSSR count). The largest absolute Gasteiger partial charge is 0.370 e. The molecule has 0 bridgehead atoms. The Morgan fingerprint density at radius 1 is 1.53 bits per heavy atom. The molecule has 7 nitrogen and oxygen atoms in total. The molecule has 1 aromatic carbocycles. The molecule has 0 heterocycles. The fraction of sp³-hybridized carbons (Fsp3) is 0.273. The third-order valence-corrected chi connectivity index (χ3v) is 2.96. The third-order valence-electron chi connectivity index (χ3n) is 2.29. The third kappa shape index (κ3) is 4.32. The smallest absolute Gasteiger partial charge is 0.284 e. The summed E-state index contributed by atoms with van der Waals surface area (Å²) in [5, 5.41) is 13.3. The summed E-state index contributed by atoms with van der Waals surface area (Å²) < 4.78 is 0.291. The summed E-state index contributed by atoms with van der Waals surface area (Å²) in [6, 6.07) is 3.60. The quantitative estimate of drug-likeness (QED) is 0.626. The van der Waals surface area contributed by atoms with E-state index in [4.69, 9.17) is 5.73 Å². The second-order valence-electron chi connectivity index (χ2n) is 3.97. The van der Waals surface area contributed by atoms with Crippen molar-refractivity contribution in [2.75, 3.05) is 0 Å². The van der Waals surface area contributed by atoms with Crippen molar-refractivity contribution in [1.29, 1.82) is 0 Å². The van der Waals surface area contributed by atoms with Crippen LogP contribution in [-0.2, 0) is 4.79 Å². The summed E-state index contributed by atoms with van der Waals surface area (Å²) >= 11 is 3.03. The lowest BCUT2D eigenvalue weighted by Gasteiger charge is -2.11. The van der Waals surface area contributed by atoms with Gasteiger partial charge in [0, 0.05) is 24.1 Å². The fourth-order valence-corrected chi connectivity index (χ4v) is 1.85. The van der Waals surface area contributed by atoms with Gasteiger partial charge in [-0.25, -0.2) is 0 Å². The average Bonchev–Trinajstić information content (AvgIpc) is 2.27. The van der Waals surface area contributed by atoms with E-state index in [9.17, 15) is 19.7 Å². The molecule has 0 fully saturated rings. The van der Waals surface area contributed by atoms with Crippen molar-refractivity contribution in [2.24, 2.45) is 5.73 Å². The number of nitrogens with one attached hydrogen (secondary N) is 1. The van der Waals surface area contributed by atoms with E-state index in [1.165, 1.54) is 12.1 Å². The minimum absolute atomic E-state index is 0.00433. The molecule has 19 heavy (non-hydrogen) atoms. The van der Waals surface area contributed by atoms with Gasteiger partial charge in [0.15, 0.2) is 0 Å². The Hall–Kier alpha value is -1.96. The number of carbonyl (C=O) groups excluding carboxylic acids is 2. The van der Waals surface area contributed by atoms with E-state index >= 15 is 0 Å². The van der Waals surface area contributed by atoms with Gasteiger partial charge in [0.25, 0.3) is 11.6 Å². The standard InChI is InChI=1S/C11H12BrN3O4/c1-6(4-10(13)16)14-11(17)7-2-3-8(12)9(5-7)15(18)19/h2-3,5-6H,4H2,1H3,(H2,13,16)(H,14,17). The van der Waals surface area contributed by atoms with Crippen molar-refractivity contribution in [3.63, 3.8) is 0 Å². The number of benzene rings is 1. The van der Waals surface area contributed by atoms with Gasteiger partial charge in [0.1, 0.15) is 0 Å². The van der Waals surface area contributed by atoms with Crippen LogP contribution in [0.2, 0.25) is 0 Å². The summed E-state index contributed by atoms with van der Waals surface area (Å²) in [7, 11) is 0. The van der Waals surface area contributed by atoms with E-state index in [2.05, 4.69) is 21.2 Å². The minimum atomic E-state index is -0.590. The Labute approximate surface area is 117 Å². The number of carbonyl (C=O) groups is 2. The molecule has 0 saturated carbocycles. The maximum Gasteiger partial charge on any atom is 0.284 e. The van der Waals surface area contributed by atoms with Crippen LogP contribution >= 0.6 is 15.9 Å². The normalized spacial score (nSPS) is 11.7. The van der Waals surface area contributed by atoms with Crippen molar-refractivity contribution < 1.29 is 14.5 Å².